The van der Waals surface area contributed by atoms with E-state index in [2.05, 4.69) is 4.99 Å². The Morgan fingerprint density at radius 2 is 2.08 bits per heavy atom. The molecule has 0 amide bonds. The standard InChI is InChI=1S/C17H13ClF3NO2/c1-9-2-3-14-10(8-24-16(14)15(9)18)4-13(23)6-12-5-11(7-22-12)17(19,20)21/h2-3,7-8H,4-6H2,1H3. The van der Waals surface area contributed by atoms with Gasteiger partial charge in [-0.2, -0.15) is 13.2 Å². The topological polar surface area (TPSA) is 42.6 Å². The highest BCUT2D eigenvalue weighted by molar-refractivity contribution is 6.35. The van der Waals surface area contributed by atoms with Gasteiger partial charge < -0.3 is 4.42 Å². The second-order valence-corrected chi connectivity index (χ2v) is 6.13. The molecule has 0 fully saturated rings. The summed E-state index contributed by atoms with van der Waals surface area (Å²) in [5.41, 5.74) is 1.55. The van der Waals surface area contributed by atoms with E-state index in [1.807, 2.05) is 19.1 Å². The second kappa shape index (κ2) is 6.09. The molecule has 0 aliphatic carbocycles. The normalized spacial score (nSPS) is 14.9. The van der Waals surface area contributed by atoms with Gasteiger partial charge >= 0.3 is 6.18 Å². The van der Waals surface area contributed by atoms with Gasteiger partial charge in [0.25, 0.3) is 0 Å². The molecule has 0 N–H and O–H groups in total. The lowest BCUT2D eigenvalue weighted by Crippen LogP contribution is -2.14. The van der Waals surface area contributed by atoms with E-state index in [1.54, 1.807) is 0 Å². The molecule has 0 spiro atoms. The van der Waals surface area contributed by atoms with Crippen LogP contribution in [0.4, 0.5) is 13.2 Å². The van der Waals surface area contributed by atoms with Crippen LogP contribution in [0, 0.1) is 6.92 Å². The summed E-state index contributed by atoms with van der Waals surface area (Å²) in [6, 6.07) is 3.65. The maximum Gasteiger partial charge on any atom is 0.414 e. The van der Waals surface area contributed by atoms with E-state index in [-0.39, 0.29) is 30.8 Å². The zero-order chi connectivity index (χ0) is 17.5. The Labute approximate surface area is 140 Å². The lowest BCUT2D eigenvalue weighted by atomic mass is 10.0. The zero-order valence-electron chi connectivity index (χ0n) is 12.7. The van der Waals surface area contributed by atoms with Crippen molar-refractivity contribution >= 4 is 34.1 Å². The summed E-state index contributed by atoms with van der Waals surface area (Å²) in [5.74, 6) is -0.218. The lowest BCUT2D eigenvalue weighted by Gasteiger charge is -2.07. The maximum atomic E-state index is 12.6. The molecule has 2 aromatic rings. The second-order valence-electron chi connectivity index (χ2n) is 5.75. The van der Waals surface area contributed by atoms with Crippen LogP contribution < -0.4 is 0 Å². The first-order valence-electron chi connectivity index (χ1n) is 7.24. The minimum Gasteiger partial charge on any atom is -0.462 e. The lowest BCUT2D eigenvalue weighted by molar-refractivity contribution is -0.117. The van der Waals surface area contributed by atoms with Gasteiger partial charge in [0.05, 0.1) is 16.9 Å². The van der Waals surface area contributed by atoms with Crippen molar-refractivity contribution < 1.29 is 22.4 Å². The van der Waals surface area contributed by atoms with Crippen molar-refractivity contribution in [2.45, 2.75) is 32.4 Å². The molecule has 24 heavy (non-hydrogen) atoms. The third-order valence-electron chi connectivity index (χ3n) is 3.91. The van der Waals surface area contributed by atoms with Crippen LogP contribution in [0.1, 0.15) is 24.0 Å². The van der Waals surface area contributed by atoms with Gasteiger partial charge in [0, 0.05) is 42.1 Å². The monoisotopic (exact) mass is 355 g/mol. The number of benzene rings is 1. The average Bonchev–Trinajstić information content (AvgIpc) is 3.10. The first-order chi connectivity index (χ1) is 11.3. The van der Waals surface area contributed by atoms with Crippen LogP contribution in [0.15, 0.2) is 39.6 Å². The average molecular weight is 356 g/mol. The third kappa shape index (κ3) is 3.24. The van der Waals surface area contributed by atoms with E-state index in [0.717, 1.165) is 17.1 Å². The number of Topliss-reactive ketones (excluding diaryl/α,β-unsaturated/α-hetero) is 1. The molecule has 0 radical (unpaired) electrons. The first kappa shape index (κ1) is 16.8. The Morgan fingerprint density at radius 3 is 2.75 bits per heavy atom. The Hall–Kier alpha value is -2.08. The fraction of sp³-hybridized carbons (Fsp3) is 0.294. The minimum atomic E-state index is -4.40. The van der Waals surface area contributed by atoms with Gasteiger partial charge in [-0.15, -0.1) is 0 Å². The number of alkyl halides is 3. The first-order valence-corrected chi connectivity index (χ1v) is 7.62. The molecule has 0 saturated heterocycles. The number of aryl methyl sites for hydroxylation is 1. The Bertz CT molecular complexity index is 878. The van der Waals surface area contributed by atoms with Gasteiger partial charge in [0.1, 0.15) is 5.78 Å². The Morgan fingerprint density at radius 1 is 1.33 bits per heavy atom. The highest BCUT2D eigenvalue weighted by Gasteiger charge is 2.36. The van der Waals surface area contributed by atoms with Crippen LogP contribution in [0.3, 0.4) is 0 Å². The number of nitrogens with zero attached hydrogens (tertiary/aromatic N) is 1. The van der Waals surface area contributed by atoms with E-state index in [0.29, 0.717) is 16.2 Å². The van der Waals surface area contributed by atoms with E-state index in [4.69, 9.17) is 16.0 Å². The molecule has 0 unspecified atom stereocenters. The van der Waals surface area contributed by atoms with Crippen LogP contribution in [0.25, 0.3) is 11.0 Å². The maximum absolute atomic E-state index is 12.6. The van der Waals surface area contributed by atoms with Crippen molar-refractivity contribution in [3.63, 3.8) is 0 Å². The summed E-state index contributed by atoms with van der Waals surface area (Å²) in [5, 5.41) is 1.23. The quantitative estimate of drug-likeness (QED) is 0.757. The van der Waals surface area contributed by atoms with Gasteiger partial charge in [0.15, 0.2) is 5.58 Å². The third-order valence-corrected chi connectivity index (χ3v) is 4.38. The molecule has 0 bridgehead atoms. The number of ketones is 1. The van der Waals surface area contributed by atoms with E-state index >= 15 is 0 Å². The minimum absolute atomic E-state index is 0.0623. The molecule has 2 heterocycles. The van der Waals surface area contributed by atoms with Gasteiger partial charge in [-0.3, -0.25) is 9.79 Å². The molecule has 1 aliphatic rings. The number of hydrogen-bond donors (Lipinski definition) is 0. The van der Waals surface area contributed by atoms with Crippen LogP contribution in [-0.2, 0) is 11.2 Å². The van der Waals surface area contributed by atoms with E-state index < -0.39 is 11.7 Å². The van der Waals surface area contributed by atoms with Crippen LogP contribution in [-0.4, -0.2) is 17.7 Å². The molecule has 1 aliphatic heterocycles. The number of fused-ring (bicyclic) bond motifs is 1. The van der Waals surface area contributed by atoms with Crippen LogP contribution in [0.5, 0.6) is 0 Å². The van der Waals surface area contributed by atoms with E-state index in [1.165, 1.54) is 6.26 Å². The van der Waals surface area contributed by atoms with Crippen molar-refractivity contribution in [2.24, 2.45) is 4.99 Å². The van der Waals surface area contributed by atoms with Crippen molar-refractivity contribution in [1.29, 1.82) is 0 Å². The van der Waals surface area contributed by atoms with E-state index in [9.17, 15) is 18.0 Å². The number of aliphatic imine (C=N–C) groups is 1. The molecule has 1 aromatic heterocycles. The van der Waals surface area contributed by atoms with Crippen molar-refractivity contribution in [3.8, 4) is 0 Å². The summed E-state index contributed by atoms with van der Waals surface area (Å²) in [6.45, 7) is 1.85. The van der Waals surface area contributed by atoms with Crippen molar-refractivity contribution in [3.05, 3.63) is 46.3 Å². The summed E-state index contributed by atoms with van der Waals surface area (Å²) in [7, 11) is 0. The molecule has 3 nitrogen and oxygen atoms in total. The predicted octanol–water partition coefficient (Wildman–Crippen LogP) is 5.19. The summed E-state index contributed by atoms with van der Waals surface area (Å²) in [4.78, 5) is 15.9. The molecule has 7 heteroatoms. The van der Waals surface area contributed by atoms with Crippen molar-refractivity contribution in [1.82, 2.24) is 0 Å². The molecular weight excluding hydrogens is 343 g/mol. The number of carbonyl (C=O) groups excluding carboxylic acids is 1. The fourth-order valence-corrected chi connectivity index (χ4v) is 2.83. The molecule has 3 rings (SSSR count). The number of rotatable bonds is 4. The van der Waals surface area contributed by atoms with Gasteiger partial charge in [-0.25, -0.2) is 0 Å². The van der Waals surface area contributed by atoms with Crippen LogP contribution in [0.2, 0.25) is 5.02 Å². The SMILES string of the molecule is Cc1ccc2c(CC(=O)CC3=NC=C(C(F)(F)F)C3)coc2c1Cl. The molecule has 126 valence electrons. The van der Waals surface area contributed by atoms with Crippen LogP contribution >= 0.6 is 11.6 Å². The van der Waals surface area contributed by atoms with Gasteiger partial charge in [-0.05, 0) is 12.5 Å². The molecule has 1 aromatic carbocycles. The predicted molar refractivity (Wildman–Crippen MR) is 85.5 cm³/mol. The number of hydrogen-bond acceptors (Lipinski definition) is 3. The molecule has 0 saturated carbocycles. The summed E-state index contributed by atoms with van der Waals surface area (Å²) < 4.78 is 43.1. The number of halogens is 4. The van der Waals surface area contributed by atoms with Gasteiger partial charge in [-0.1, -0.05) is 23.7 Å². The summed E-state index contributed by atoms with van der Waals surface area (Å²) >= 11 is 6.16. The zero-order valence-corrected chi connectivity index (χ0v) is 13.5. The molecule has 0 atom stereocenters. The fourth-order valence-electron chi connectivity index (χ4n) is 2.62. The largest absolute Gasteiger partial charge is 0.462 e. The Kier molecular flexibility index (Phi) is 4.25. The number of carbonyl (C=O) groups is 1. The highest BCUT2D eigenvalue weighted by Crippen LogP contribution is 2.33. The Balaban J connectivity index is 1.68. The smallest absolute Gasteiger partial charge is 0.414 e. The summed E-state index contributed by atoms with van der Waals surface area (Å²) in [6.07, 6.45) is -2.52. The van der Waals surface area contributed by atoms with Crippen molar-refractivity contribution in [2.75, 3.05) is 0 Å². The number of furan rings is 1. The molecular formula is C17H13ClF3NO2. The number of allylic oxidation sites excluding steroid dienone is 1. The highest BCUT2D eigenvalue weighted by atomic mass is 35.5. The van der Waals surface area contributed by atoms with Gasteiger partial charge in [0.2, 0.25) is 0 Å².